The molecule has 3 aromatic rings. The van der Waals surface area contributed by atoms with Crippen LogP contribution in [0.25, 0.3) is 11.1 Å². The number of carbonyl (C=O) groups excluding carboxylic acids is 1. The van der Waals surface area contributed by atoms with Crippen LogP contribution in [0.1, 0.15) is 28.8 Å². The highest BCUT2D eigenvalue weighted by Gasteiger charge is 2.24. The molecule has 2 aromatic carbocycles. The Bertz CT molecular complexity index is 1460. The van der Waals surface area contributed by atoms with E-state index in [1.807, 2.05) is 6.08 Å². The van der Waals surface area contributed by atoms with Crippen LogP contribution in [-0.4, -0.2) is 39.9 Å². The molecule has 2 N–H and O–H groups in total. The number of carboxylic acids is 1. The summed E-state index contributed by atoms with van der Waals surface area (Å²) in [4.78, 5) is 37.9. The number of aromatic nitrogens is 2. The summed E-state index contributed by atoms with van der Waals surface area (Å²) in [6.45, 7) is 0.347. The van der Waals surface area contributed by atoms with Crippen LogP contribution < -0.4 is 15.6 Å². The fourth-order valence-electron chi connectivity index (χ4n) is 4.15. The zero-order valence-corrected chi connectivity index (χ0v) is 22.0. The summed E-state index contributed by atoms with van der Waals surface area (Å²) in [6.07, 6.45) is 9.56. The Morgan fingerprint density at radius 1 is 1.13 bits per heavy atom. The van der Waals surface area contributed by atoms with Gasteiger partial charge in [-0.3, -0.25) is 9.59 Å². The van der Waals surface area contributed by atoms with Gasteiger partial charge in [0.2, 0.25) is 0 Å². The summed E-state index contributed by atoms with van der Waals surface area (Å²) in [5, 5.41) is 16.7. The van der Waals surface area contributed by atoms with E-state index in [9.17, 15) is 19.5 Å². The van der Waals surface area contributed by atoms with E-state index in [2.05, 4.69) is 22.6 Å². The molecule has 1 aliphatic carbocycles. The highest BCUT2D eigenvalue weighted by molar-refractivity contribution is 6.39. The van der Waals surface area contributed by atoms with E-state index in [-0.39, 0.29) is 27.6 Å². The van der Waals surface area contributed by atoms with Crippen molar-refractivity contribution in [2.45, 2.75) is 31.8 Å². The van der Waals surface area contributed by atoms with Gasteiger partial charge >= 0.3 is 5.97 Å². The number of nitrogens with one attached hydrogen (secondary N) is 1. The van der Waals surface area contributed by atoms with Crippen molar-refractivity contribution in [3.63, 3.8) is 0 Å². The third kappa shape index (κ3) is 6.15. The molecule has 0 saturated carbocycles. The summed E-state index contributed by atoms with van der Waals surface area (Å²) in [5.74, 6) is -1.57. The molecule has 1 unspecified atom stereocenters. The van der Waals surface area contributed by atoms with Gasteiger partial charge in [0.15, 0.2) is 5.75 Å². The van der Waals surface area contributed by atoms with E-state index in [1.54, 1.807) is 30.3 Å². The van der Waals surface area contributed by atoms with Crippen LogP contribution in [-0.2, 0) is 17.8 Å². The van der Waals surface area contributed by atoms with Crippen LogP contribution in [0.3, 0.4) is 0 Å². The van der Waals surface area contributed by atoms with Crippen LogP contribution in [0.4, 0.5) is 0 Å². The Labute approximate surface area is 229 Å². The normalized spacial score (nSPS) is 13.5. The van der Waals surface area contributed by atoms with Crippen molar-refractivity contribution in [1.82, 2.24) is 15.1 Å². The molecule has 1 aliphatic rings. The number of ether oxygens (including phenoxy) is 1. The zero-order valence-electron chi connectivity index (χ0n) is 20.5. The molecule has 0 saturated heterocycles. The zero-order chi connectivity index (χ0) is 27.2. The lowest BCUT2D eigenvalue weighted by Gasteiger charge is -2.16. The van der Waals surface area contributed by atoms with Crippen molar-refractivity contribution in [2.24, 2.45) is 0 Å². The second-order valence-electron chi connectivity index (χ2n) is 8.67. The molecule has 196 valence electrons. The smallest absolute Gasteiger partial charge is 0.326 e. The Kier molecular flexibility index (Phi) is 8.66. The van der Waals surface area contributed by atoms with E-state index in [0.29, 0.717) is 29.0 Å². The summed E-state index contributed by atoms with van der Waals surface area (Å²) < 4.78 is 6.80. The molecule has 0 bridgehead atoms. The molecule has 4 rings (SSSR count). The van der Waals surface area contributed by atoms with E-state index < -0.39 is 17.9 Å². The van der Waals surface area contributed by atoms with Crippen LogP contribution in [0.2, 0.25) is 10.0 Å². The summed E-state index contributed by atoms with van der Waals surface area (Å²) in [7, 11) is 1.47. The number of amides is 1. The Balaban J connectivity index is 1.56. The Morgan fingerprint density at radius 3 is 2.45 bits per heavy atom. The lowest BCUT2D eigenvalue weighted by atomic mass is 10.0. The number of carbonyl (C=O) groups is 2. The number of benzene rings is 2. The average Bonchev–Trinajstić information content (AvgIpc) is 2.90. The lowest BCUT2D eigenvalue weighted by Crippen LogP contribution is -2.42. The number of rotatable bonds is 9. The third-order valence-electron chi connectivity index (χ3n) is 6.11. The monoisotopic (exact) mass is 553 g/mol. The van der Waals surface area contributed by atoms with E-state index in [0.717, 1.165) is 18.4 Å². The van der Waals surface area contributed by atoms with Crippen molar-refractivity contribution < 1.29 is 19.4 Å². The molecule has 8 nitrogen and oxygen atoms in total. The van der Waals surface area contributed by atoms with Crippen molar-refractivity contribution in [1.29, 1.82) is 0 Å². The lowest BCUT2D eigenvalue weighted by molar-refractivity contribution is -0.139. The van der Waals surface area contributed by atoms with E-state index in [1.165, 1.54) is 30.1 Å². The van der Waals surface area contributed by atoms with Crippen LogP contribution in [0.5, 0.6) is 5.75 Å². The summed E-state index contributed by atoms with van der Waals surface area (Å²) in [5.41, 5.74) is 2.31. The molecule has 0 radical (unpaired) electrons. The molecule has 1 amide bonds. The fraction of sp³-hybridized carbons (Fsp3) is 0.214. The minimum absolute atomic E-state index is 0.00161. The minimum atomic E-state index is -1.23. The van der Waals surface area contributed by atoms with Gasteiger partial charge in [0.1, 0.15) is 6.04 Å². The van der Waals surface area contributed by atoms with Gasteiger partial charge in [-0.15, -0.1) is 0 Å². The van der Waals surface area contributed by atoms with Gasteiger partial charge in [-0.1, -0.05) is 71.8 Å². The van der Waals surface area contributed by atoms with Crippen LogP contribution >= 0.6 is 23.2 Å². The maximum Gasteiger partial charge on any atom is 0.326 e. The highest BCUT2D eigenvalue weighted by atomic mass is 35.5. The number of allylic oxidation sites excluding steroid dienone is 4. The number of methoxy groups -OCH3 is 1. The first-order chi connectivity index (χ1) is 18.3. The first-order valence-electron chi connectivity index (χ1n) is 11.8. The Morgan fingerprint density at radius 2 is 1.84 bits per heavy atom. The molecule has 1 atom stereocenters. The molecular formula is C28H25Cl2N3O5. The van der Waals surface area contributed by atoms with Crippen LogP contribution in [0.15, 0.2) is 77.3 Å². The minimum Gasteiger partial charge on any atom is -0.494 e. The average molecular weight is 554 g/mol. The predicted molar refractivity (Wildman–Crippen MR) is 146 cm³/mol. The quantitative estimate of drug-likeness (QED) is 0.388. The van der Waals surface area contributed by atoms with Crippen molar-refractivity contribution in [3.8, 4) is 16.9 Å². The molecule has 38 heavy (non-hydrogen) atoms. The van der Waals surface area contributed by atoms with Crippen LogP contribution in [0, 0.1) is 0 Å². The van der Waals surface area contributed by atoms with Gasteiger partial charge < -0.3 is 15.2 Å². The van der Waals surface area contributed by atoms with Gasteiger partial charge in [-0.05, 0) is 41.7 Å². The second kappa shape index (κ2) is 12.1. The number of nitrogens with zero attached hydrogens (tertiary/aromatic N) is 2. The van der Waals surface area contributed by atoms with E-state index >= 15 is 0 Å². The van der Waals surface area contributed by atoms with Gasteiger partial charge in [0.25, 0.3) is 11.5 Å². The molecular weight excluding hydrogens is 529 g/mol. The molecule has 1 aromatic heterocycles. The Hall–Kier alpha value is -3.88. The number of carboxylic acid groups (broad SMARTS) is 1. The molecule has 0 spiro atoms. The van der Waals surface area contributed by atoms with Crippen molar-refractivity contribution in [3.05, 3.63) is 104 Å². The standard InChI is InChI=1S/C28H25Cl2N3O5/c1-38-23-15-31-33(16-18-6-3-2-4-7-18)27(35)24(23)19-12-10-17(11-13-19)14-22(28(36)37)32-26(34)25-20(29)8-5-9-21(25)30/h3,5-13,15,22H,2,4,14,16H2,1H3,(H,32,34)(H,36,37). The van der Waals surface area contributed by atoms with Gasteiger partial charge in [0, 0.05) is 6.42 Å². The van der Waals surface area contributed by atoms with Crippen molar-refractivity contribution in [2.75, 3.05) is 7.11 Å². The summed E-state index contributed by atoms with van der Waals surface area (Å²) in [6, 6.07) is 10.2. The maximum atomic E-state index is 13.3. The predicted octanol–water partition coefficient (Wildman–Crippen LogP) is 4.93. The van der Waals surface area contributed by atoms with Gasteiger partial charge in [0.05, 0.1) is 41.0 Å². The SMILES string of the molecule is COc1cnn(CC2=CCCC=C2)c(=O)c1-c1ccc(CC(NC(=O)c2c(Cl)cccc2Cl)C(=O)O)cc1. The first-order valence-corrected chi connectivity index (χ1v) is 12.6. The highest BCUT2D eigenvalue weighted by Crippen LogP contribution is 2.27. The maximum absolute atomic E-state index is 13.3. The fourth-order valence-corrected chi connectivity index (χ4v) is 4.72. The van der Waals surface area contributed by atoms with Gasteiger partial charge in [-0.2, -0.15) is 5.10 Å². The number of hydrogen-bond donors (Lipinski definition) is 2. The van der Waals surface area contributed by atoms with Crippen molar-refractivity contribution >= 4 is 35.1 Å². The second-order valence-corrected chi connectivity index (χ2v) is 9.49. The molecule has 0 fully saturated rings. The summed E-state index contributed by atoms with van der Waals surface area (Å²) >= 11 is 12.2. The van der Waals surface area contributed by atoms with E-state index in [4.69, 9.17) is 27.9 Å². The first kappa shape index (κ1) is 27.2. The van der Waals surface area contributed by atoms with Gasteiger partial charge in [-0.25, -0.2) is 9.48 Å². The number of halogens is 2. The topological polar surface area (TPSA) is 111 Å². The third-order valence-corrected chi connectivity index (χ3v) is 6.74. The number of aliphatic carboxylic acids is 1. The number of hydrogen-bond acceptors (Lipinski definition) is 5. The molecule has 10 heteroatoms. The molecule has 0 aliphatic heterocycles. The largest absolute Gasteiger partial charge is 0.494 e. The molecule has 1 heterocycles.